The number of carbonyl (C=O) groups is 1. The number of ether oxygens (including phenoxy) is 2. The monoisotopic (exact) mass is 409 g/mol. The fraction of sp³-hybridized carbons (Fsp3) is 0.167. The Kier molecular flexibility index (Phi) is 7.01. The maximum atomic E-state index is 13.0. The summed E-state index contributed by atoms with van der Waals surface area (Å²) in [5.41, 5.74) is 9.61. The number of anilines is 1. The molecule has 0 saturated heterocycles. The van der Waals surface area contributed by atoms with Gasteiger partial charge >= 0.3 is 6.18 Å². The number of amides is 1. The Bertz CT molecular complexity index is 925. The summed E-state index contributed by atoms with van der Waals surface area (Å²) in [7, 11) is 1.39. The van der Waals surface area contributed by atoms with E-state index in [-0.39, 0.29) is 23.1 Å². The lowest BCUT2D eigenvalue weighted by molar-refractivity contribution is -0.137. The number of nitrogens with one attached hydrogen (secondary N) is 1. The number of nitrogens with two attached hydrogens (primary N) is 2. The molecular formula is C18H18F3N5O3. The maximum Gasteiger partial charge on any atom is 0.418 e. The van der Waals surface area contributed by atoms with Gasteiger partial charge in [-0.3, -0.25) is 4.79 Å². The van der Waals surface area contributed by atoms with Gasteiger partial charge in [-0.05, 0) is 35.9 Å². The van der Waals surface area contributed by atoms with Gasteiger partial charge in [-0.2, -0.15) is 18.3 Å². The fourth-order valence-corrected chi connectivity index (χ4v) is 2.21. The number of hydrogen-bond acceptors (Lipinski definition) is 5. The Balaban J connectivity index is 2.05. The summed E-state index contributed by atoms with van der Waals surface area (Å²) in [5.74, 6) is -0.471. The van der Waals surface area contributed by atoms with E-state index in [9.17, 15) is 18.0 Å². The molecular weight excluding hydrogens is 391 g/mol. The first-order valence-corrected chi connectivity index (χ1v) is 8.09. The van der Waals surface area contributed by atoms with Crippen molar-refractivity contribution >= 4 is 23.8 Å². The van der Waals surface area contributed by atoms with E-state index in [0.29, 0.717) is 5.56 Å². The number of halogens is 3. The van der Waals surface area contributed by atoms with Crippen LogP contribution in [0.5, 0.6) is 11.5 Å². The van der Waals surface area contributed by atoms with Gasteiger partial charge in [0, 0.05) is 0 Å². The van der Waals surface area contributed by atoms with Gasteiger partial charge in [0.15, 0.2) is 18.1 Å². The first-order chi connectivity index (χ1) is 13.7. The number of para-hydroxylation sites is 1. The van der Waals surface area contributed by atoms with Gasteiger partial charge in [0.25, 0.3) is 5.91 Å². The average Bonchev–Trinajstić information content (AvgIpc) is 2.66. The van der Waals surface area contributed by atoms with Crippen LogP contribution in [0.4, 0.5) is 18.9 Å². The number of methoxy groups -OCH3 is 1. The third kappa shape index (κ3) is 6.41. The van der Waals surface area contributed by atoms with Crippen molar-refractivity contribution in [3.63, 3.8) is 0 Å². The van der Waals surface area contributed by atoms with Crippen LogP contribution >= 0.6 is 0 Å². The van der Waals surface area contributed by atoms with Gasteiger partial charge in [-0.1, -0.05) is 12.1 Å². The normalized spacial score (nSPS) is 11.2. The number of hydrogen-bond donors (Lipinski definition) is 3. The lowest BCUT2D eigenvalue weighted by Gasteiger charge is -2.14. The van der Waals surface area contributed by atoms with E-state index in [1.54, 1.807) is 12.1 Å². The van der Waals surface area contributed by atoms with Gasteiger partial charge in [0.1, 0.15) is 0 Å². The Morgan fingerprint density at radius 2 is 1.90 bits per heavy atom. The molecule has 0 spiro atoms. The molecule has 0 saturated carbocycles. The van der Waals surface area contributed by atoms with Crippen molar-refractivity contribution in [3.8, 4) is 11.5 Å². The molecule has 0 radical (unpaired) electrons. The zero-order valence-electron chi connectivity index (χ0n) is 15.2. The molecule has 0 bridgehead atoms. The molecule has 11 heteroatoms. The molecule has 2 rings (SSSR count). The third-order valence-corrected chi connectivity index (χ3v) is 3.43. The summed E-state index contributed by atoms with van der Waals surface area (Å²) in [4.78, 5) is 12.0. The number of rotatable bonds is 7. The highest BCUT2D eigenvalue weighted by Crippen LogP contribution is 2.34. The molecule has 2 aromatic carbocycles. The molecule has 154 valence electrons. The Morgan fingerprint density at radius 3 is 2.55 bits per heavy atom. The molecule has 2 aromatic rings. The minimum Gasteiger partial charge on any atom is -0.493 e. The van der Waals surface area contributed by atoms with Crippen LogP contribution < -0.4 is 26.3 Å². The van der Waals surface area contributed by atoms with E-state index >= 15 is 0 Å². The van der Waals surface area contributed by atoms with E-state index in [1.807, 2.05) is 0 Å². The van der Waals surface area contributed by atoms with E-state index in [1.165, 1.54) is 31.5 Å². The number of nitrogens with zero attached hydrogens (tertiary/aromatic N) is 2. The number of benzene rings is 2. The topological polar surface area (TPSA) is 124 Å². The minimum absolute atomic E-state index is 0.203. The standard InChI is InChI=1S/C18H18F3N5O3/c1-28-15-8-11(9-24-26-17(22)23)6-7-14(15)29-10-16(27)25-13-5-3-2-4-12(13)18(19,20)21/h2-9H,10H2,1H3,(H,25,27)(H4,22,23,26)/b24-9+. The van der Waals surface area contributed by atoms with Crippen LogP contribution in [0.15, 0.2) is 52.7 Å². The van der Waals surface area contributed by atoms with E-state index < -0.39 is 24.3 Å². The second kappa shape index (κ2) is 9.44. The van der Waals surface area contributed by atoms with Crippen LogP contribution in [-0.4, -0.2) is 31.8 Å². The number of alkyl halides is 3. The molecule has 0 heterocycles. The minimum atomic E-state index is -4.59. The van der Waals surface area contributed by atoms with Gasteiger partial charge < -0.3 is 26.3 Å². The molecule has 0 aliphatic carbocycles. The van der Waals surface area contributed by atoms with Gasteiger partial charge in [-0.15, -0.1) is 5.10 Å². The van der Waals surface area contributed by atoms with Crippen LogP contribution in [0.25, 0.3) is 0 Å². The molecule has 0 aliphatic heterocycles. The first kappa shape index (κ1) is 21.5. The summed E-state index contributed by atoms with van der Waals surface area (Å²) in [5, 5.41) is 9.30. The average molecular weight is 409 g/mol. The SMILES string of the molecule is COc1cc(/C=N/N=C(N)N)ccc1OCC(=O)Nc1ccccc1C(F)(F)F. The Hall–Kier alpha value is -3.76. The summed E-state index contributed by atoms with van der Waals surface area (Å²) in [6.07, 6.45) is -3.23. The second-order valence-electron chi connectivity index (χ2n) is 5.56. The van der Waals surface area contributed by atoms with Crippen molar-refractivity contribution in [1.29, 1.82) is 0 Å². The molecule has 1 amide bonds. The lowest BCUT2D eigenvalue weighted by atomic mass is 10.1. The molecule has 0 fully saturated rings. The Morgan fingerprint density at radius 1 is 1.17 bits per heavy atom. The molecule has 0 atom stereocenters. The smallest absolute Gasteiger partial charge is 0.418 e. The lowest BCUT2D eigenvalue weighted by Crippen LogP contribution is -2.22. The zero-order valence-corrected chi connectivity index (χ0v) is 15.2. The zero-order chi connectivity index (χ0) is 21.4. The Labute approximate surface area is 164 Å². The number of carbonyl (C=O) groups excluding carboxylic acids is 1. The quantitative estimate of drug-likeness (QED) is 0.368. The van der Waals surface area contributed by atoms with E-state index in [2.05, 4.69) is 15.5 Å². The van der Waals surface area contributed by atoms with Crippen molar-refractivity contribution in [2.45, 2.75) is 6.18 Å². The van der Waals surface area contributed by atoms with Gasteiger partial charge in [0.05, 0.1) is 24.6 Å². The summed E-state index contributed by atoms with van der Waals surface area (Å²) in [6, 6.07) is 9.31. The van der Waals surface area contributed by atoms with E-state index in [0.717, 1.165) is 12.1 Å². The fourth-order valence-electron chi connectivity index (χ4n) is 2.21. The second-order valence-corrected chi connectivity index (χ2v) is 5.56. The van der Waals surface area contributed by atoms with Crippen LogP contribution in [-0.2, 0) is 11.0 Å². The van der Waals surface area contributed by atoms with Crippen LogP contribution in [0.3, 0.4) is 0 Å². The predicted molar refractivity (Wildman–Crippen MR) is 102 cm³/mol. The van der Waals surface area contributed by atoms with Crippen molar-refractivity contribution in [3.05, 3.63) is 53.6 Å². The van der Waals surface area contributed by atoms with Crippen LogP contribution in [0.1, 0.15) is 11.1 Å². The van der Waals surface area contributed by atoms with Crippen molar-refractivity contribution in [2.24, 2.45) is 21.7 Å². The maximum absolute atomic E-state index is 13.0. The molecule has 5 N–H and O–H groups in total. The van der Waals surface area contributed by atoms with Gasteiger partial charge in [0.2, 0.25) is 5.96 Å². The number of guanidine groups is 1. The van der Waals surface area contributed by atoms with Crippen LogP contribution in [0.2, 0.25) is 0 Å². The highest BCUT2D eigenvalue weighted by Gasteiger charge is 2.33. The molecule has 8 nitrogen and oxygen atoms in total. The van der Waals surface area contributed by atoms with E-state index in [4.69, 9.17) is 20.9 Å². The summed E-state index contributed by atoms with van der Waals surface area (Å²) < 4.78 is 49.5. The largest absolute Gasteiger partial charge is 0.493 e. The summed E-state index contributed by atoms with van der Waals surface area (Å²) >= 11 is 0. The predicted octanol–water partition coefficient (Wildman–Crippen LogP) is 2.34. The molecule has 0 aromatic heterocycles. The van der Waals surface area contributed by atoms with Crippen molar-refractivity contribution in [1.82, 2.24) is 0 Å². The summed E-state index contributed by atoms with van der Waals surface area (Å²) in [6.45, 7) is -0.524. The van der Waals surface area contributed by atoms with Crippen LogP contribution in [0, 0.1) is 0 Å². The highest BCUT2D eigenvalue weighted by molar-refractivity contribution is 5.92. The first-order valence-electron chi connectivity index (χ1n) is 8.09. The third-order valence-electron chi connectivity index (χ3n) is 3.43. The van der Waals surface area contributed by atoms with Crippen molar-refractivity contribution < 1.29 is 27.4 Å². The molecule has 0 aliphatic rings. The highest BCUT2D eigenvalue weighted by atomic mass is 19.4. The molecule has 0 unspecified atom stereocenters. The van der Waals surface area contributed by atoms with Gasteiger partial charge in [-0.25, -0.2) is 0 Å². The van der Waals surface area contributed by atoms with Crippen molar-refractivity contribution in [2.75, 3.05) is 19.0 Å². The molecule has 29 heavy (non-hydrogen) atoms.